The van der Waals surface area contributed by atoms with Gasteiger partial charge in [-0.15, -0.1) is 0 Å². The molecule has 2 atom stereocenters. The normalized spacial score (nSPS) is 24.2. The van der Waals surface area contributed by atoms with Gasteiger partial charge in [0.05, 0.1) is 0 Å². The molecular formula is C24H34O2. The van der Waals surface area contributed by atoms with Crippen molar-refractivity contribution in [3.8, 4) is 0 Å². The highest BCUT2D eigenvalue weighted by molar-refractivity contribution is 5.81. The van der Waals surface area contributed by atoms with Gasteiger partial charge < -0.3 is 5.11 Å². The SMILES string of the molecule is CC(C=CC1CC1(C)c1cc(C(C)(C)C)cc(C(C)(C)C)c1)=CC(=O)O. The van der Waals surface area contributed by atoms with Crippen LogP contribution in [0.2, 0.25) is 0 Å². The van der Waals surface area contributed by atoms with Crippen molar-refractivity contribution in [2.45, 2.75) is 78.1 Å². The number of carboxylic acids is 1. The number of allylic oxidation sites excluding steroid dienone is 3. The summed E-state index contributed by atoms with van der Waals surface area (Å²) in [4.78, 5) is 10.8. The molecule has 0 spiro atoms. The first-order chi connectivity index (χ1) is 11.7. The van der Waals surface area contributed by atoms with Crippen LogP contribution < -0.4 is 0 Å². The predicted molar refractivity (Wildman–Crippen MR) is 110 cm³/mol. The quantitative estimate of drug-likeness (QED) is 0.520. The van der Waals surface area contributed by atoms with Crippen LogP contribution in [0.4, 0.5) is 0 Å². The molecular weight excluding hydrogens is 320 g/mol. The van der Waals surface area contributed by atoms with Crippen LogP contribution in [0, 0.1) is 5.92 Å². The molecule has 2 unspecified atom stereocenters. The Morgan fingerprint density at radius 1 is 1.08 bits per heavy atom. The summed E-state index contributed by atoms with van der Waals surface area (Å²) in [5.41, 5.74) is 5.34. The third kappa shape index (κ3) is 4.66. The van der Waals surface area contributed by atoms with Gasteiger partial charge in [-0.3, -0.25) is 0 Å². The number of aliphatic carboxylic acids is 1. The Balaban J connectivity index is 2.37. The van der Waals surface area contributed by atoms with Gasteiger partial charge in [0.15, 0.2) is 0 Å². The van der Waals surface area contributed by atoms with Crippen LogP contribution in [0.3, 0.4) is 0 Å². The molecule has 1 saturated carbocycles. The second kappa shape index (κ2) is 6.72. The van der Waals surface area contributed by atoms with E-state index in [0.717, 1.165) is 12.0 Å². The third-order valence-corrected chi connectivity index (χ3v) is 5.57. The Morgan fingerprint density at radius 3 is 2.00 bits per heavy atom. The van der Waals surface area contributed by atoms with E-state index in [1.807, 2.05) is 13.0 Å². The van der Waals surface area contributed by atoms with E-state index >= 15 is 0 Å². The van der Waals surface area contributed by atoms with Gasteiger partial charge in [0.1, 0.15) is 0 Å². The molecule has 0 heterocycles. The summed E-state index contributed by atoms with van der Waals surface area (Å²) in [6.07, 6.45) is 6.49. The van der Waals surface area contributed by atoms with Crippen molar-refractivity contribution < 1.29 is 9.90 Å². The van der Waals surface area contributed by atoms with Crippen molar-refractivity contribution in [1.29, 1.82) is 0 Å². The molecule has 1 aromatic rings. The Morgan fingerprint density at radius 2 is 1.58 bits per heavy atom. The molecule has 0 radical (unpaired) electrons. The highest BCUT2D eigenvalue weighted by Gasteiger charge is 2.50. The second-order valence-corrected chi connectivity index (χ2v) is 10.1. The van der Waals surface area contributed by atoms with Crippen LogP contribution in [-0.4, -0.2) is 11.1 Å². The molecule has 26 heavy (non-hydrogen) atoms. The summed E-state index contributed by atoms with van der Waals surface area (Å²) in [5, 5.41) is 8.85. The van der Waals surface area contributed by atoms with Crippen molar-refractivity contribution in [2.75, 3.05) is 0 Å². The summed E-state index contributed by atoms with van der Waals surface area (Å²) in [6.45, 7) is 17.8. The fraction of sp³-hybridized carbons (Fsp3) is 0.542. The van der Waals surface area contributed by atoms with Gasteiger partial charge in [-0.1, -0.05) is 78.8 Å². The first kappa shape index (κ1) is 20.5. The Bertz CT molecular complexity index is 721. The number of hydrogen-bond acceptors (Lipinski definition) is 1. The van der Waals surface area contributed by atoms with E-state index in [9.17, 15) is 4.79 Å². The molecule has 2 heteroatoms. The van der Waals surface area contributed by atoms with Gasteiger partial charge in [0.2, 0.25) is 0 Å². The van der Waals surface area contributed by atoms with E-state index in [4.69, 9.17) is 5.11 Å². The largest absolute Gasteiger partial charge is 0.478 e. The first-order valence-electron chi connectivity index (χ1n) is 9.49. The van der Waals surface area contributed by atoms with Crippen LogP contribution in [0.15, 0.2) is 42.0 Å². The molecule has 0 amide bonds. The van der Waals surface area contributed by atoms with Crippen molar-refractivity contribution in [3.05, 3.63) is 58.7 Å². The van der Waals surface area contributed by atoms with Gasteiger partial charge in [0, 0.05) is 6.08 Å². The van der Waals surface area contributed by atoms with Crippen LogP contribution in [0.1, 0.15) is 78.5 Å². The van der Waals surface area contributed by atoms with Gasteiger partial charge in [0.25, 0.3) is 0 Å². The lowest BCUT2D eigenvalue weighted by Crippen LogP contribution is -2.18. The molecule has 2 rings (SSSR count). The van der Waals surface area contributed by atoms with Crippen molar-refractivity contribution in [2.24, 2.45) is 5.92 Å². The third-order valence-electron chi connectivity index (χ3n) is 5.57. The number of carboxylic acid groups (broad SMARTS) is 1. The maximum atomic E-state index is 10.8. The van der Waals surface area contributed by atoms with E-state index in [1.165, 1.54) is 22.8 Å². The molecule has 1 aromatic carbocycles. The fourth-order valence-electron chi connectivity index (χ4n) is 3.34. The zero-order valence-corrected chi connectivity index (χ0v) is 17.6. The van der Waals surface area contributed by atoms with E-state index in [0.29, 0.717) is 5.92 Å². The Kier molecular flexibility index (Phi) is 5.29. The summed E-state index contributed by atoms with van der Waals surface area (Å²) >= 11 is 0. The van der Waals surface area contributed by atoms with Crippen molar-refractivity contribution in [3.63, 3.8) is 0 Å². The predicted octanol–water partition coefficient (Wildman–Crippen LogP) is 6.15. The molecule has 1 fully saturated rings. The topological polar surface area (TPSA) is 37.3 Å². The molecule has 0 bridgehead atoms. The summed E-state index contributed by atoms with van der Waals surface area (Å²) in [7, 11) is 0. The summed E-state index contributed by atoms with van der Waals surface area (Å²) in [6, 6.07) is 7.12. The minimum Gasteiger partial charge on any atom is -0.478 e. The van der Waals surface area contributed by atoms with Gasteiger partial charge in [-0.2, -0.15) is 0 Å². The lowest BCUT2D eigenvalue weighted by molar-refractivity contribution is -0.131. The van der Waals surface area contributed by atoms with Crippen molar-refractivity contribution in [1.82, 2.24) is 0 Å². The molecule has 142 valence electrons. The van der Waals surface area contributed by atoms with E-state index in [1.54, 1.807) is 0 Å². The monoisotopic (exact) mass is 354 g/mol. The number of rotatable bonds is 4. The average molecular weight is 355 g/mol. The molecule has 1 N–H and O–H groups in total. The van der Waals surface area contributed by atoms with Crippen LogP contribution in [0.25, 0.3) is 0 Å². The highest BCUT2D eigenvalue weighted by Crippen LogP contribution is 2.55. The zero-order chi connectivity index (χ0) is 19.9. The van der Waals surface area contributed by atoms with Crippen molar-refractivity contribution >= 4 is 5.97 Å². The Hall–Kier alpha value is -1.83. The van der Waals surface area contributed by atoms with Gasteiger partial charge in [-0.25, -0.2) is 4.79 Å². The number of benzene rings is 1. The first-order valence-corrected chi connectivity index (χ1v) is 9.49. The van der Waals surface area contributed by atoms with Gasteiger partial charge in [-0.05, 0) is 57.8 Å². The molecule has 1 aliphatic rings. The molecule has 0 saturated heterocycles. The minimum absolute atomic E-state index is 0.118. The summed E-state index contributed by atoms with van der Waals surface area (Å²) < 4.78 is 0. The fourth-order valence-corrected chi connectivity index (χ4v) is 3.34. The standard InChI is InChI=1S/C24H34O2/c1-16(11-21(25)26)9-10-17-15-24(17,8)20-13-18(22(2,3)4)12-19(14-20)23(5,6)7/h9-14,17H,15H2,1-8H3,(H,25,26). The summed E-state index contributed by atoms with van der Waals surface area (Å²) in [5.74, 6) is -0.430. The molecule has 0 aliphatic heterocycles. The maximum absolute atomic E-state index is 10.8. The maximum Gasteiger partial charge on any atom is 0.328 e. The highest BCUT2D eigenvalue weighted by atomic mass is 16.4. The molecule has 0 aromatic heterocycles. The zero-order valence-electron chi connectivity index (χ0n) is 17.6. The minimum atomic E-state index is -0.890. The Labute approximate surface area is 159 Å². The molecule has 1 aliphatic carbocycles. The molecule has 2 nitrogen and oxygen atoms in total. The lowest BCUT2D eigenvalue weighted by atomic mass is 9.77. The lowest BCUT2D eigenvalue weighted by Gasteiger charge is -2.27. The van der Waals surface area contributed by atoms with E-state index < -0.39 is 5.97 Å². The smallest absolute Gasteiger partial charge is 0.328 e. The average Bonchev–Trinajstić information content (AvgIpc) is 3.14. The number of hydrogen-bond donors (Lipinski definition) is 1. The number of carbonyl (C=O) groups is 1. The van der Waals surface area contributed by atoms with E-state index in [-0.39, 0.29) is 16.2 Å². The van der Waals surface area contributed by atoms with Gasteiger partial charge >= 0.3 is 5.97 Å². The van der Waals surface area contributed by atoms with Crippen LogP contribution in [-0.2, 0) is 21.0 Å². The second-order valence-electron chi connectivity index (χ2n) is 10.1. The van der Waals surface area contributed by atoms with Crippen LogP contribution in [0.5, 0.6) is 0 Å². The van der Waals surface area contributed by atoms with Crippen LogP contribution >= 0.6 is 0 Å². The van der Waals surface area contributed by atoms with E-state index in [2.05, 4.69) is 72.7 Å².